The third kappa shape index (κ3) is 5.97. The van der Waals surface area contributed by atoms with E-state index in [1.807, 2.05) is 6.08 Å². The number of hydrogen-bond acceptors (Lipinski definition) is 5. The molecule has 2 heterocycles. The van der Waals surface area contributed by atoms with Crippen LogP contribution in [-0.4, -0.2) is 51.0 Å². The third-order valence-electron chi connectivity index (χ3n) is 7.40. The van der Waals surface area contributed by atoms with E-state index in [1.54, 1.807) is 44.0 Å². The van der Waals surface area contributed by atoms with Crippen LogP contribution in [0.4, 0.5) is 15.4 Å². The maximum absolute atomic E-state index is 13.6. The molecular weight excluding hydrogens is 456 g/mol. The minimum absolute atomic E-state index is 0.150. The Morgan fingerprint density at radius 1 is 1.25 bits per heavy atom. The molecule has 36 heavy (non-hydrogen) atoms. The van der Waals surface area contributed by atoms with Crippen molar-refractivity contribution in [1.29, 1.82) is 0 Å². The zero-order chi connectivity index (χ0) is 26.5. The maximum atomic E-state index is 13.6. The Hall–Kier alpha value is -3.16. The molecule has 1 aromatic rings. The van der Waals surface area contributed by atoms with Crippen LogP contribution in [0.3, 0.4) is 0 Å². The van der Waals surface area contributed by atoms with E-state index in [2.05, 4.69) is 43.2 Å². The zero-order valence-electron chi connectivity index (χ0n) is 22.5. The number of allylic oxidation sites excluding steroid dienone is 3. The van der Waals surface area contributed by atoms with Crippen molar-refractivity contribution < 1.29 is 19.1 Å². The van der Waals surface area contributed by atoms with Crippen molar-refractivity contribution in [3.63, 3.8) is 0 Å². The molecule has 1 atom stereocenters. The summed E-state index contributed by atoms with van der Waals surface area (Å²) in [4.78, 5) is 46.0. The summed E-state index contributed by atoms with van der Waals surface area (Å²) < 4.78 is 4.91. The largest absolute Gasteiger partial charge is 0.450 e. The Labute approximate surface area is 214 Å². The first-order chi connectivity index (χ1) is 17.0. The molecule has 3 rings (SSSR count). The number of pyridine rings is 1. The van der Waals surface area contributed by atoms with Crippen molar-refractivity contribution in [1.82, 2.24) is 14.8 Å². The van der Waals surface area contributed by atoms with Gasteiger partial charge in [-0.05, 0) is 76.0 Å². The predicted molar refractivity (Wildman–Crippen MR) is 140 cm³/mol. The molecule has 1 saturated heterocycles. The van der Waals surface area contributed by atoms with Crippen LogP contribution < -0.4 is 5.32 Å². The summed E-state index contributed by atoms with van der Waals surface area (Å²) in [5.74, 6) is 0.133. The summed E-state index contributed by atoms with van der Waals surface area (Å²) in [7, 11) is 0. The Balaban J connectivity index is 1.79. The lowest BCUT2D eigenvalue weighted by molar-refractivity contribution is -0.132. The SMILES string of the molecule is CCOC(=O)Nc1cc(CN2C(=O)N(C3/C=C\CC/C(C(C)(C)CC)=C\CC3)C(=O)C2(C)C)ccn1. The number of hydrogen-bond donors (Lipinski definition) is 1. The van der Waals surface area contributed by atoms with Crippen molar-refractivity contribution >= 4 is 23.8 Å². The van der Waals surface area contributed by atoms with E-state index in [9.17, 15) is 14.4 Å². The predicted octanol–water partition coefficient (Wildman–Crippen LogP) is 6.05. The first-order valence-electron chi connectivity index (χ1n) is 12.9. The smallest absolute Gasteiger partial charge is 0.412 e. The lowest BCUT2D eigenvalue weighted by Crippen LogP contribution is -2.44. The molecule has 0 bridgehead atoms. The maximum Gasteiger partial charge on any atom is 0.412 e. The van der Waals surface area contributed by atoms with Gasteiger partial charge in [-0.2, -0.15) is 0 Å². The van der Waals surface area contributed by atoms with Crippen LogP contribution in [0.1, 0.15) is 79.2 Å². The normalized spacial score (nSPS) is 22.8. The lowest BCUT2D eigenvalue weighted by atomic mass is 9.79. The van der Waals surface area contributed by atoms with Gasteiger partial charge < -0.3 is 9.64 Å². The van der Waals surface area contributed by atoms with Gasteiger partial charge in [-0.1, -0.05) is 44.6 Å². The third-order valence-corrected chi connectivity index (χ3v) is 7.40. The number of rotatable bonds is 7. The van der Waals surface area contributed by atoms with Gasteiger partial charge in [0.05, 0.1) is 12.6 Å². The molecule has 0 saturated carbocycles. The highest BCUT2D eigenvalue weighted by atomic mass is 16.5. The van der Waals surface area contributed by atoms with Gasteiger partial charge in [-0.15, -0.1) is 0 Å². The van der Waals surface area contributed by atoms with Gasteiger partial charge in [0.2, 0.25) is 0 Å². The first kappa shape index (κ1) is 27.4. The van der Waals surface area contributed by atoms with Crippen molar-refractivity contribution in [2.24, 2.45) is 5.41 Å². The van der Waals surface area contributed by atoms with Gasteiger partial charge in [-0.25, -0.2) is 14.6 Å². The van der Waals surface area contributed by atoms with Gasteiger partial charge >= 0.3 is 12.1 Å². The van der Waals surface area contributed by atoms with Crippen LogP contribution in [-0.2, 0) is 16.1 Å². The van der Waals surface area contributed by atoms with Crippen LogP contribution in [0.15, 0.2) is 42.1 Å². The molecule has 0 spiro atoms. The summed E-state index contributed by atoms with van der Waals surface area (Å²) in [5.41, 5.74) is 1.36. The molecule has 1 N–H and O–H groups in total. The van der Waals surface area contributed by atoms with Crippen molar-refractivity contribution in [3.8, 4) is 0 Å². The van der Waals surface area contributed by atoms with Gasteiger partial charge in [0, 0.05) is 12.7 Å². The van der Waals surface area contributed by atoms with E-state index in [0.29, 0.717) is 12.2 Å². The molecule has 4 amide bonds. The van der Waals surface area contributed by atoms with Gasteiger partial charge in [-0.3, -0.25) is 15.0 Å². The monoisotopic (exact) mass is 496 g/mol. The van der Waals surface area contributed by atoms with E-state index in [1.165, 1.54) is 10.5 Å². The molecular formula is C28H40N4O4. The number of amides is 4. The number of aromatic nitrogens is 1. The van der Waals surface area contributed by atoms with Crippen LogP contribution in [0, 0.1) is 5.41 Å². The highest BCUT2D eigenvalue weighted by molar-refractivity contribution is 6.07. The summed E-state index contributed by atoms with van der Waals surface area (Å²) in [6.45, 7) is 12.5. The standard InChI is InChI=1S/C28H40N4O4/c1-7-27(3,4)21-12-9-10-14-22(15-11-13-21)32-24(33)28(5,6)31(26(32)35)19-20-16-17-29-23(18-20)30-25(34)36-8-2/h10,13-14,16-18,22H,7-9,11-12,15,19H2,1-6H3,(H,29,30,34)/b14-10-,21-13+. The molecule has 1 fully saturated rings. The molecule has 1 unspecified atom stereocenters. The molecule has 0 radical (unpaired) electrons. The second-order valence-corrected chi connectivity index (χ2v) is 10.6. The number of nitrogens with zero attached hydrogens (tertiary/aromatic N) is 3. The topological polar surface area (TPSA) is 91.8 Å². The Bertz CT molecular complexity index is 1040. The fourth-order valence-electron chi connectivity index (χ4n) is 4.69. The number of ether oxygens (including phenoxy) is 1. The average molecular weight is 497 g/mol. The minimum atomic E-state index is -0.993. The number of anilines is 1. The molecule has 1 aliphatic carbocycles. The highest BCUT2D eigenvalue weighted by Crippen LogP contribution is 2.36. The van der Waals surface area contributed by atoms with Gasteiger partial charge in [0.1, 0.15) is 11.4 Å². The molecule has 196 valence electrons. The summed E-state index contributed by atoms with van der Waals surface area (Å²) in [6.07, 6.45) is 11.9. The second-order valence-electron chi connectivity index (χ2n) is 10.6. The summed E-state index contributed by atoms with van der Waals surface area (Å²) in [5, 5.41) is 2.58. The molecule has 0 aromatic carbocycles. The zero-order valence-corrected chi connectivity index (χ0v) is 22.5. The van der Waals surface area contributed by atoms with E-state index in [4.69, 9.17) is 4.74 Å². The molecule has 1 aromatic heterocycles. The number of urea groups is 1. The quantitative estimate of drug-likeness (QED) is 0.366. The first-order valence-corrected chi connectivity index (χ1v) is 12.9. The molecule has 1 aliphatic heterocycles. The van der Waals surface area contributed by atoms with Crippen LogP contribution in [0.5, 0.6) is 0 Å². The number of nitrogens with one attached hydrogen (secondary N) is 1. The fraction of sp³-hybridized carbons (Fsp3) is 0.571. The highest BCUT2D eigenvalue weighted by Gasteiger charge is 2.52. The number of imide groups is 1. The van der Waals surface area contributed by atoms with Crippen LogP contribution >= 0.6 is 0 Å². The molecule has 2 aliphatic rings. The van der Waals surface area contributed by atoms with Gasteiger partial charge in [0.15, 0.2) is 0 Å². The van der Waals surface area contributed by atoms with E-state index in [-0.39, 0.29) is 36.5 Å². The molecule has 8 nitrogen and oxygen atoms in total. The number of carbonyl (C=O) groups excluding carboxylic acids is 3. The van der Waals surface area contributed by atoms with E-state index >= 15 is 0 Å². The van der Waals surface area contributed by atoms with Gasteiger partial charge in [0.25, 0.3) is 5.91 Å². The average Bonchev–Trinajstić information content (AvgIpc) is 3.07. The lowest BCUT2D eigenvalue weighted by Gasteiger charge is -2.27. The Morgan fingerprint density at radius 3 is 2.69 bits per heavy atom. The Kier molecular flexibility index (Phi) is 8.59. The summed E-state index contributed by atoms with van der Waals surface area (Å²) >= 11 is 0. The van der Waals surface area contributed by atoms with E-state index in [0.717, 1.165) is 31.2 Å². The van der Waals surface area contributed by atoms with Crippen LogP contribution in [0.25, 0.3) is 0 Å². The Morgan fingerprint density at radius 2 is 2.00 bits per heavy atom. The van der Waals surface area contributed by atoms with Crippen molar-refractivity contribution in [3.05, 3.63) is 47.7 Å². The summed E-state index contributed by atoms with van der Waals surface area (Å²) in [6, 6.07) is 2.88. The minimum Gasteiger partial charge on any atom is -0.450 e. The van der Waals surface area contributed by atoms with E-state index < -0.39 is 11.6 Å². The second kappa shape index (κ2) is 11.3. The number of carbonyl (C=O) groups is 3. The van der Waals surface area contributed by atoms with Crippen LogP contribution in [0.2, 0.25) is 0 Å². The fourth-order valence-corrected chi connectivity index (χ4v) is 4.69. The molecule has 8 heteroatoms. The van der Waals surface area contributed by atoms with Crippen molar-refractivity contribution in [2.45, 2.75) is 91.8 Å². The van der Waals surface area contributed by atoms with Crippen molar-refractivity contribution in [2.75, 3.05) is 11.9 Å².